The highest BCUT2D eigenvalue weighted by Crippen LogP contribution is 2.28. The van der Waals surface area contributed by atoms with Gasteiger partial charge in [0.15, 0.2) is 5.78 Å². The van der Waals surface area contributed by atoms with Crippen molar-refractivity contribution in [2.24, 2.45) is 5.92 Å². The highest BCUT2D eigenvalue weighted by atomic mass is 79.9. The molecule has 1 aromatic rings. The molecule has 0 unspecified atom stereocenters. The van der Waals surface area contributed by atoms with E-state index in [4.69, 9.17) is 0 Å². The van der Waals surface area contributed by atoms with E-state index in [0.29, 0.717) is 22.4 Å². The molecule has 98 valence electrons. The van der Waals surface area contributed by atoms with Gasteiger partial charge in [0.05, 0.1) is 4.47 Å². The van der Waals surface area contributed by atoms with Crippen LogP contribution in [0.3, 0.4) is 0 Å². The molecule has 0 spiro atoms. The van der Waals surface area contributed by atoms with Crippen molar-refractivity contribution in [1.29, 1.82) is 0 Å². The van der Waals surface area contributed by atoms with E-state index in [2.05, 4.69) is 15.9 Å². The number of rotatable bonds is 4. The summed E-state index contributed by atoms with van der Waals surface area (Å²) in [5.41, 5.74) is 0.492. The minimum Gasteiger partial charge on any atom is -0.294 e. The van der Waals surface area contributed by atoms with E-state index < -0.39 is 0 Å². The maximum absolute atomic E-state index is 13.3. The van der Waals surface area contributed by atoms with Crippen LogP contribution in [0.5, 0.6) is 0 Å². The molecule has 0 saturated heterocycles. The summed E-state index contributed by atoms with van der Waals surface area (Å²) in [7, 11) is 0. The molecule has 1 nitrogen and oxygen atoms in total. The van der Waals surface area contributed by atoms with Gasteiger partial charge in [0.1, 0.15) is 5.82 Å². The number of benzene rings is 1. The van der Waals surface area contributed by atoms with Crippen LogP contribution in [0.2, 0.25) is 0 Å². The fourth-order valence-electron chi connectivity index (χ4n) is 2.62. The van der Waals surface area contributed by atoms with E-state index in [1.54, 1.807) is 12.1 Å². The van der Waals surface area contributed by atoms with Gasteiger partial charge in [0.2, 0.25) is 0 Å². The van der Waals surface area contributed by atoms with Gasteiger partial charge in [0.25, 0.3) is 0 Å². The maximum atomic E-state index is 13.3. The van der Waals surface area contributed by atoms with Gasteiger partial charge in [-0.15, -0.1) is 0 Å². The molecule has 0 aromatic heterocycles. The number of Topliss-reactive ketones (excluding diaryl/α,β-unsaturated/α-hetero) is 1. The van der Waals surface area contributed by atoms with Crippen LogP contribution in [-0.4, -0.2) is 5.78 Å². The average Bonchev–Trinajstić information content (AvgIpc) is 2.40. The van der Waals surface area contributed by atoms with Gasteiger partial charge >= 0.3 is 0 Å². The second-order valence-electron chi connectivity index (χ2n) is 5.09. The lowest BCUT2D eigenvalue weighted by Gasteiger charge is -2.20. The minimum absolute atomic E-state index is 0.0620. The predicted molar refractivity (Wildman–Crippen MR) is 74.2 cm³/mol. The molecule has 3 heteroatoms. The largest absolute Gasteiger partial charge is 0.294 e. The van der Waals surface area contributed by atoms with Crippen LogP contribution in [0.25, 0.3) is 0 Å². The highest BCUT2D eigenvalue weighted by molar-refractivity contribution is 9.10. The van der Waals surface area contributed by atoms with Crippen LogP contribution in [0, 0.1) is 11.7 Å². The molecule has 18 heavy (non-hydrogen) atoms. The van der Waals surface area contributed by atoms with E-state index in [9.17, 15) is 9.18 Å². The Labute approximate surface area is 116 Å². The summed E-state index contributed by atoms with van der Waals surface area (Å²) in [4.78, 5) is 12.0. The number of carbonyl (C=O) groups excluding carboxylic acids is 1. The molecule has 1 aliphatic carbocycles. The summed E-state index contributed by atoms with van der Waals surface area (Å²) >= 11 is 3.09. The van der Waals surface area contributed by atoms with Crippen molar-refractivity contribution in [1.82, 2.24) is 0 Å². The van der Waals surface area contributed by atoms with E-state index in [1.807, 2.05) is 0 Å². The van der Waals surface area contributed by atoms with Gasteiger partial charge in [-0.25, -0.2) is 4.39 Å². The Hall–Kier alpha value is -0.700. The quantitative estimate of drug-likeness (QED) is 0.704. The first-order chi connectivity index (χ1) is 8.66. The van der Waals surface area contributed by atoms with Crippen molar-refractivity contribution in [2.45, 2.75) is 44.9 Å². The fraction of sp³-hybridized carbons (Fsp3) is 0.533. The molecule has 0 N–H and O–H groups in total. The Bertz CT molecular complexity index is 425. The van der Waals surface area contributed by atoms with E-state index in [1.165, 1.54) is 38.2 Å². The number of halogens is 2. The summed E-state index contributed by atoms with van der Waals surface area (Å²) in [6, 6.07) is 4.62. The summed E-state index contributed by atoms with van der Waals surface area (Å²) in [5, 5.41) is 0. The van der Waals surface area contributed by atoms with Crippen molar-refractivity contribution in [3.8, 4) is 0 Å². The van der Waals surface area contributed by atoms with Gasteiger partial charge in [-0.3, -0.25) is 4.79 Å². The summed E-state index contributed by atoms with van der Waals surface area (Å²) in [6.07, 6.45) is 7.94. The molecular weight excluding hydrogens is 295 g/mol. The molecule has 0 radical (unpaired) electrons. The van der Waals surface area contributed by atoms with E-state index >= 15 is 0 Å². The van der Waals surface area contributed by atoms with Crippen molar-refractivity contribution in [3.05, 3.63) is 34.1 Å². The van der Waals surface area contributed by atoms with Crippen LogP contribution >= 0.6 is 15.9 Å². The first kappa shape index (κ1) is 13.7. The molecule has 1 aromatic carbocycles. The zero-order chi connectivity index (χ0) is 13.0. The normalized spacial score (nSPS) is 16.8. The molecular formula is C15H18BrFO. The summed E-state index contributed by atoms with van der Waals surface area (Å²) in [5.74, 6) is 0.397. The minimum atomic E-state index is -0.362. The van der Waals surface area contributed by atoms with E-state index in [0.717, 1.165) is 6.42 Å². The number of carbonyl (C=O) groups is 1. The zero-order valence-electron chi connectivity index (χ0n) is 10.4. The number of ketones is 1. The second kappa shape index (κ2) is 6.46. The number of hydrogen-bond acceptors (Lipinski definition) is 1. The first-order valence-corrected chi connectivity index (χ1v) is 7.44. The van der Waals surface area contributed by atoms with Gasteiger partial charge in [-0.2, -0.15) is 0 Å². The molecule has 0 aliphatic heterocycles. The van der Waals surface area contributed by atoms with E-state index in [-0.39, 0.29) is 11.6 Å². The lowest BCUT2D eigenvalue weighted by Crippen LogP contribution is -2.09. The predicted octanol–water partition coefficient (Wildman–Crippen LogP) is 5.13. The Morgan fingerprint density at radius 1 is 1.28 bits per heavy atom. The van der Waals surface area contributed by atoms with Crippen LogP contribution in [0.1, 0.15) is 55.3 Å². The Morgan fingerprint density at radius 3 is 2.67 bits per heavy atom. The van der Waals surface area contributed by atoms with Crippen LogP contribution in [0.15, 0.2) is 22.7 Å². The molecule has 0 atom stereocenters. The monoisotopic (exact) mass is 312 g/mol. The molecule has 0 heterocycles. The van der Waals surface area contributed by atoms with Gasteiger partial charge in [0, 0.05) is 12.0 Å². The second-order valence-corrected chi connectivity index (χ2v) is 5.95. The third-order valence-corrected chi connectivity index (χ3v) is 4.39. The molecule has 0 amide bonds. The zero-order valence-corrected chi connectivity index (χ0v) is 12.0. The SMILES string of the molecule is O=C(CCC1CCCCC1)c1ccc(Br)c(F)c1. The molecule has 1 aliphatic rings. The summed E-state index contributed by atoms with van der Waals surface area (Å²) < 4.78 is 13.7. The average molecular weight is 313 g/mol. The first-order valence-electron chi connectivity index (χ1n) is 6.65. The van der Waals surface area contributed by atoms with Crippen LogP contribution in [-0.2, 0) is 0 Å². The topological polar surface area (TPSA) is 17.1 Å². The van der Waals surface area contributed by atoms with Crippen molar-refractivity contribution >= 4 is 21.7 Å². The molecule has 1 saturated carbocycles. The molecule has 2 rings (SSSR count). The highest BCUT2D eigenvalue weighted by Gasteiger charge is 2.16. The lowest BCUT2D eigenvalue weighted by molar-refractivity contribution is 0.0969. The third kappa shape index (κ3) is 3.64. The Kier molecular flexibility index (Phi) is 4.93. The van der Waals surface area contributed by atoms with Crippen molar-refractivity contribution < 1.29 is 9.18 Å². The van der Waals surface area contributed by atoms with Gasteiger partial charge in [-0.05, 0) is 40.4 Å². The molecule has 1 fully saturated rings. The van der Waals surface area contributed by atoms with Crippen LogP contribution in [0.4, 0.5) is 4.39 Å². The fourth-order valence-corrected chi connectivity index (χ4v) is 2.87. The standard InChI is InChI=1S/C15H18BrFO/c16-13-8-7-12(10-14(13)17)15(18)9-6-11-4-2-1-3-5-11/h7-8,10-11H,1-6,9H2. The van der Waals surface area contributed by atoms with Crippen molar-refractivity contribution in [2.75, 3.05) is 0 Å². The Balaban J connectivity index is 1.88. The summed E-state index contributed by atoms with van der Waals surface area (Å²) in [6.45, 7) is 0. The van der Waals surface area contributed by atoms with Crippen molar-refractivity contribution in [3.63, 3.8) is 0 Å². The lowest BCUT2D eigenvalue weighted by atomic mass is 9.85. The Morgan fingerprint density at radius 2 is 2.00 bits per heavy atom. The smallest absolute Gasteiger partial charge is 0.162 e. The van der Waals surface area contributed by atoms with Crippen LogP contribution < -0.4 is 0 Å². The number of hydrogen-bond donors (Lipinski definition) is 0. The molecule has 0 bridgehead atoms. The van der Waals surface area contributed by atoms with Gasteiger partial charge in [-0.1, -0.05) is 38.2 Å². The maximum Gasteiger partial charge on any atom is 0.162 e. The van der Waals surface area contributed by atoms with Gasteiger partial charge < -0.3 is 0 Å². The third-order valence-electron chi connectivity index (χ3n) is 3.75.